The molecule has 6 heteroatoms. The Morgan fingerprint density at radius 1 is 1.50 bits per heavy atom. The summed E-state index contributed by atoms with van der Waals surface area (Å²) in [7, 11) is 1.57. The maximum absolute atomic E-state index is 9.07. The monoisotopic (exact) mass is 248 g/mol. The number of nitrogen functional groups attached to an aromatic ring is 1. The summed E-state index contributed by atoms with van der Waals surface area (Å²) in [5, 5.41) is 9.94. The zero-order chi connectivity index (χ0) is 12.7. The van der Waals surface area contributed by atoms with Gasteiger partial charge in [-0.1, -0.05) is 0 Å². The molecule has 1 fully saturated rings. The molecule has 3 rings (SSSR count). The third kappa shape index (κ3) is 1.78. The fourth-order valence-electron chi connectivity index (χ4n) is 2.37. The SMILES string of the molecule is COc1nc(N)nc2c1ccn2CC1CC1CO. The number of anilines is 1. The van der Waals surface area contributed by atoms with Gasteiger partial charge in [-0.15, -0.1) is 0 Å². The van der Waals surface area contributed by atoms with Gasteiger partial charge in [0.1, 0.15) is 5.65 Å². The number of aliphatic hydroxyl groups is 1. The van der Waals surface area contributed by atoms with Crippen LogP contribution in [0.25, 0.3) is 11.0 Å². The highest BCUT2D eigenvalue weighted by atomic mass is 16.5. The van der Waals surface area contributed by atoms with E-state index in [9.17, 15) is 0 Å². The maximum atomic E-state index is 9.07. The summed E-state index contributed by atoms with van der Waals surface area (Å²) in [6.45, 7) is 1.12. The number of ether oxygens (including phenoxy) is 1. The first-order valence-electron chi connectivity index (χ1n) is 6.00. The van der Waals surface area contributed by atoms with Crippen LogP contribution < -0.4 is 10.5 Å². The lowest BCUT2D eigenvalue weighted by molar-refractivity contribution is 0.266. The molecule has 6 nitrogen and oxygen atoms in total. The van der Waals surface area contributed by atoms with Gasteiger partial charge in [-0.25, -0.2) is 0 Å². The number of aromatic nitrogens is 3. The van der Waals surface area contributed by atoms with Gasteiger partial charge in [0, 0.05) is 19.3 Å². The number of aliphatic hydroxyl groups excluding tert-OH is 1. The van der Waals surface area contributed by atoms with E-state index in [2.05, 4.69) is 14.5 Å². The molecule has 2 unspecified atom stereocenters. The first kappa shape index (κ1) is 11.3. The van der Waals surface area contributed by atoms with Crippen molar-refractivity contribution in [3.63, 3.8) is 0 Å². The molecule has 1 saturated carbocycles. The third-order valence-electron chi connectivity index (χ3n) is 3.53. The lowest BCUT2D eigenvalue weighted by Gasteiger charge is -2.06. The van der Waals surface area contributed by atoms with Gasteiger partial charge in [0.2, 0.25) is 11.8 Å². The molecule has 2 heterocycles. The molecule has 0 amide bonds. The Hall–Kier alpha value is -1.82. The number of methoxy groups -OCH3 is 1. The van der Waals surface area contributed by atoms with Crippen LogP contribution in [0.4, 0.5) is 5.95 Å². The number of hydrogen-bond donors (Lipinski definition) is 2. The van der Waals surface area contributed by atoms with Gasteiger partial charge in [-0.05, 0) is 24.3 Å². The molecule has 0 aliphatic heterocycles. The highest BCUT2D eigenvalue weighted by molar-refractivity contribution is 5.82. The molecule has 1 aliphatic carbocycles. The van der Waals surface area contributed by atoms with Crippen molar-refractivity contribution in [3.05, 3.63) is 12.3 Å². The van der Waals surface area contributed by atoms with Crippen LogP contribution in [0.5, 0.6) is 5.88 Å². The van der Waals surface area contributed by atoms with Crippen molar-refractivity contribution in [2.24, 2.45) is 11.8 Å². The van der Waals surface area contributed by atoms with Crippen LogP contribution in [0.3, 0.4) is 0 Å². The van der Waals surface area contributed by atoms with Crippen LogP contribution in [-0.4, -0.2) is 33.4 Å². The fraction of sp³-hybridized carbons (Fsp3) is 0.500. The lowest BCUT2D eigenvalue weighted by Crippen LogP contribution is -2.04. The van der Waals surface area contributed by atoms with Crippen molar-refractivity contribution < 1.29 is 9.84 Å². The maximum Gasteiger partial charge on any atom is 0.227 e. The Balaban J connectivity index is 1.96. The highest BCUT2D eigenvalue weighted by Crippen LogP contribution is 2.40. The molecule has 0 spiro atoms. The standard InChI is InChI=1S/C12H16N4O2/c1-18-11-9-2-3-16(5-7-4-8(7)6-17)10(9)14-12(13)15-11/h2-3,7-8,17H,4-6H2,1H3,(H2,13,14,15). The molecule has 0 saturated heterocycles. The summed E-state index contributed by atoms with van der Waals surface area (Å²) >= 11 is 0. The molecule has 0 aromatic carbocycles. The van der Waals surface area contributed by atoms with E-state index in [0.717, 1.165) is 24.0 Å². The molecule has 2 atom stereocenters. The van der Waals surface area contributed by atoms with Gasteiger partial charge in [0.15, 0.2) is 0 Å². The van der Waals surface area contributed by atoms with Crippen molar-refractivity contribution in [1.82, 2.24) is 14.5 Å². The predicted octanol–water partition coefficient (Wildman–Crippen LogP) is 0.650. The molecule has 1 aliphatic rings. The fourth-order valence-corrected chi connectivity index (χ4v) is 2.37. The molecular formula is C12H16N4O2. The molecule has 2 aromatic rings. The van der Waals surface area contributed by atoms with E-state index < -0.39 is 0 Å². The Kier molecular flexibility index (Phi) is 2.59. The van der Waals surface area contributed by atoms with Gasteiger partial charge in [-0.3, -0.25) is 0 Å². The summed E-state index contributed by atoms with van der Waals surface area (Å²) in [6, 6.07) is 1.93. The first-order chi connectivity index (χ1) is 8.72. The molecule has 2 aromatic heterocycles. The lowest BCUT2D eigenvalue weighted by atomic mass is 10.3. The number of nitrogens with zero attached hydrogens (tertiary/aromatic N) is 3. The predicted molar refractivity (Wildman–Crippen MR) is 67.2 cm³/mol. The van der Waals surface area contributed by atoms with Crippen LogP contribution in [0.1, 0.15) is 6.42 Å². The number of nitrogens with two attached hydrogens (primary N) is 1. The topological polar surface area (TPSA) is 86.2 Å². The van der Waals surface area contributed by atoms with Gasteiger partial charge in [0.25, 0.3) is 0 Å². The van der Waals surface area contributed by atoms with Crippen LogP contribution in [0, 0.1) is 11.8 Å². The summed E-state index contributed by atoms with van der Waals surface area (Å²) in [5.41, 5.74) is 6.47. The van der Waals surface area contributed by atoms with Crippen molar-refractivity contribution in [1.29, 1.82) is 0 Å². The van der Waals surface area contributed by atoms with Crippen LogP contribution >= 0.6 is 0 Å². The Morgan fingerprint density at radius 3 is 3.00 bits per heavy atom. The second-order valence-electron chi connectivity index (χ2n) is 4.73. The van der Waals surface area contributed by atoms with E-state index in [1.54, 1.807) is 7.11 Å². The van der Waals surface area contributed by atoms with E-state index in [-0.39, 0.29) is 12.6 Å². The van der Waals surface area contributed by atoms with Crippen molar-refractivity contribution in [3.8, 4) is 5.88 Å². The Morgan fingerprint density at radius 2 is 2.33 bits per heavy atom. The summed E-state index contributed by atoms with van der Waals surface area (Å²) < 4.78 is 7.25. The molecule has 3 N–H and O–H groups in total. The first-order valence-corrected chi connectivity index (χ1v) is 6.00. The van der Waals surface area contributed by atoms with Crippen LogP contribution in [-0.2, 0) is 6.54 Å². The molecular weight excluding hydrogens is 232 g/mol. The minimum Gasteiger partial charge on any atom is -0.480 e. The van der Waals surface area contributed by atoms with Gasteiger partial charge in [0.05, 0.1) is 12.5 Å². The van der Waals surface area contributed by atoms with E-state index in [1.165, 1.54) is 0 Å². The van der Waals surface area contributed by atoms with Gasteiger partial charge >= 0.3 is 0 Å². The number of hydrogen-bond acceptors (Lipinski definition) is 5. The molecule has 18 heavy (non-hydrogen) atoms. The zero-order valence-electron chi connectivity index (χ0n) is 10.2. The third-order valence-corrected chi connectivity index (χ3v) is 3.53. The second kappa shape index (κ2) is 4.13. The Labute approximate surface area is 104 Å². The minimum atomic E-state index is 0.216. The average molecular weight is 248 g/mol. The smallest absolute Gasteiger partial charge is 0.227 e. The van der Waals surface area contributed by atoms with Crippen molar-refractivity contribution in [2.45, 2.75) is 13.0 Å². The highest BCUT2D eigenvalue weighted by Gasteiger charge is 2.36. The van der Waals surface area contributed by atoms with E-state index in [0.29, 0.717) is 17.7 Å². The zero-order valence-corrected chi connectivity index (χ0v) is 10.2. The summed E-state index contributed by atoms with van der Waals surface area (Å²) in [5.74, 6) is 1.69. The normalized spacial score (nSPS) is 22.3. The van der Waals surface area contributed by atoms with Crippen molar-refractivity contribution in [2.75, 3.05) is 19.5 Å². The number of fused-ring (bicyclic) bond motifs is 1. The Bertz CT molecular complexity index is 581. The number of rotatable bonds is 4. The van der Waals surface area contributed by atoms with Crippen LogP contribution in [0.15, 0.2) is 12.3 Å². The average Bonchev–Trinajstić information content (AvgIpc) is 3.01. The van der Waals surface area contributed by atoms with Crippen LogP contribution in [0.2, 0.25) is 0 Å². The largest absolute Gasteiger partial charge is 0.480 e. The quantitative estimate of drug-likeness (QED) is 0.829. The summed E-state index contributed by atoms with van der Waals surface area (Å²) in [6.07, 6.45) is 3.04. The van der Waals surface area contributed by atoms with E-state index >= 15 is 0 Å². The molecule has 96 valence electrons. The van der Waals surface area contributed by atoms with Crippen molar-refractivity contribution >= 4 is 17.0 Å². The van der Waals surface area contributed by atoms with E-state index in [1.807, 2.05) is 12.3 Å². The minimum absolute atomic E-state index is 0.216. The second-order valence-corrected chi connectivity index (χ2v) is 4.73. The summed E-state index contributed by atoms with van der Waals surface area (Å²) in [4.78, 5) is 8.31. The van der Waals surface area contributed by atoms with E-state index in [4.69, 9.17) is 15.6 Å². The molecule has 0 radical (unpaired) electrons. The van der Waals surface area contributed by atoms with Gasteiger partial charge < -0.3 is 20.1 Å². The van der Waals surface area contributed by atoms with Gasteiger partial charge in [-0.2, -0.15) is 9.97 Å². The molecule has 0 bridgehead atoms.